The van der Waals surface area contributed by atoms with E-state index in [0.717, 1.165) is 45.5 Å². The molecular formula is C14H21ClO2. The van der Waals surface area contributed by atoms with Crippen molar-refractivity contribution in [3.63, 3.8) is 0 Å². The molecule has 2 saturated heterocycles. The van der Waals surface area contributed by atoms with Crippen LogP contribution in [0.4, 0.5) is 0 Å². The molecule has 2 aliphatic heterocycles. The van der Waals surface area contributed by atoms with Crippen LogP contribution < -0.4 is 0 Å². The SMILES string of the molecule is ClC1C=C(C2CCOC3(CCOC3)C2)CCC1. The van der Waals surface area contributed by atoms with E-state index in [0.29, 0.717) is 5.92 Å². The molecule has 3 heteroatoms. The summed E-state index contributed by atoms with van der Waals surface area (Å²) in [5, 5.41) is 0.261. The number of allylic oxidation sites excluding steroid dienone is 2. The molecule has 3 aliphatic rings. The molecule has 3 atom stereocenters. The second-order valence-electron chi connectivity index (χ2n) is 5.67. The Morgan fingerprint density at radius 1 is 1.29 bits per heavy atom. The molecule has 3 unspecified atom stereocenters. The van der Waals surface area contributed by atoms with Crippen molar-refractivity contribution >= 4 is 11.6 Å². The minimum Gasteiger partial charge on any atom is -0.378 e. The fraction of sp³-hybridized carbons (Fsp3) is 0.857. The highest BCUT2D eigenvalue weighted by Gasteiger charge is 2.41. The van der Waals surface area contributed by atoms with E-state index in [9.17, 15) is 0 Å². The van der Waals surface area contributed by atoms with Gasteiger partial charge >= 0.3 is 0 Å². The van der Waals surface area contributed by atoms with E-state index >= 15 is 0 Å². The van der Waals surface area contributed by atoms with Crippen molar-refractivity contribution in [1.29, 1.82) is 0 Å². The molecule has 0 N–H and O–H groups in total. The highest BCUT2D eigenvalue weighted by atomic mass is 35.5. The normalized spacial score (nSPS) is 42.8. The van der Waals surface area contributed by atoms with Crippen LogP contribution in [0.1, 0.15) is 38.5 Å². The van der Waals surface area contributed by atoms with Crippen LogP contribution in [0.2, 0.25) is 0 Å². The Balaban J connectivity index is 1.71. The summed E-state index contributed by atoms with van der Waals surface area (Å²) in [4.78, 5) is 0. The summed E-state index contributed by atoms with van der Waals surface area (Å²) in [6, 6.07) is 0. The van der Waals surface area contributed by atoms with Crippen molar-refractivity contribution in [2.45, 2.75) is 49.5 Å². The quantitative estimate of drug-likeness (QED) is 0.530. The molecular weight excluding hydrogens is 236 g/mol. The molecule has 2 heterocycles. The first-order valence-corrected chi connectivity index (χ1v) is 7.27. The Labute approximate surface area is 108 Å². The second-order valence-corrected chi connectivity index (χ2v) is 6.23. The van der Waals surface area contributed by atoms with Crippen molar-refractivity contribution in [3.8, 4) is 0 Å². The van der Waals surface area contributed by atoms with Gasteiger partial charge in [-0.25, -0.2) is 0 Å². The number of halogens is 1. The van der Waals surface area contributed by atoms with Gasteiger partial charge in [0.2, 0.25) is 0 Å². The first kappa shape index (κ1) is 12.0. The van der Waals surface area contributed by atoms with Gasteiger partial charge in [0.25, 0.3) is 0 Å². The molecule has 1 aliphatic carbocycles. The molecule has 17 heavy (non-hydrogen) atoms. The van der Waals surface area contributed by atoms with E-state index in [1.807, 2.05) is 0 Å². The summed E-state index contributed by atoms with van der Waals surface area (Å²) in [5.74, 6) is 0.687. The lowest BCUT2D eigenvalue weighted by atomic mass is 9.78. The minimum absolute atomic E-state index is 0.0308. The average Bonchev–Trinajstić information content (AvgIpc) is 2.77. The summed E-state index contributed by atoms with van der Waals surface area (Å²) in [6.45, 7) is 2.54. The van der Waals surface area contributed by atoms with E-state index in [-0.39, 0.29) is 11.0 Å². The number of hydrogen-bond donors (Lipinski definition) is 0. The molecule has 0 bridgehead atoms. The van der Waals surface area contributed by atoms with Gasteiger partial charge in [0, 0.05) is 19.6 Å². The smallest absolute Gasteiger partial charge is 0.0942 e. The highest BCUT2D eigenvalue weighted by molar-refractivity contribution is 6.21. The molecule has 0 aromatic heterocycles. The number of hydrogen-bond acceptors (Lipinski definition) is 2. The summed E-state index contributed by atoms with van der Waals surface area (Å²) in [5.41, 5.74) is 1.62. The number of ether oxygens (including phenoxy) is 2. The van der Waals surface area contributed by atoms with Crippen LogP contribution in [-0.4, -0.2) is 30.8 Å². The van der Waals surface area contributed by atoms with Gasteiger partial charge in [0.05, 0.1) is 17.6 Å². The van der Waals surface area contributed by atoms with Crippen molar-refractivity contribution in [3.05, 3.63) is 11.6 Å². The van der Waals surface area contributed by atoms with Gasteiger partial charge in [-0.1, -0.05) is 11.6 Å². The van der Waals surface area contributed by atoms with Crippen molar-refractivity contribution < 1.29 is 9.47 Å². The summed E-state index contributed by atoms with van der Waals surface area (Å²) in [6.07, 6.45) is 9.32. The second kappa shape index (κ2) is 4.91. The maximum absolute atomic E-state index is 6.25. The van der Waals surface area contributed by atoms with Crippen LogP contribution in [0.25, 0.3) is 0 Å². The zero-order valence-corrected chi connectivity index (χ0v) is 11.0. The van der Waals surface area contributed by atoms with Gasteiger partial charge in [-0.05, 0) is 38.0 Å². The zero-order chi connectivity index (χ0) is 11.7. The minimum atomic E-state index is 0.0308. The number of alkyl halides is 1. The average molecular weight is 257 g/mol. The molecule has 0 saturated carbocycles. The summed E-state index contributed by atoms with van der Waals surface area (Å²) in [7, 11) is 0. The van der Waals surface area contributed by atoms with Crippen molar-refractivity contribution in [2.24, 2.45) is 5.92 Å². The zero-order valence-electron chi connectivity index (χ0n) is 10.3. The van der Waals surface area contributed by atoms with Crippen molar-refractivity contribution in [1.82, 2.24) is 0 Å². The maximum atomic E-state index is 6.25. The van der Waals surface area contributed by atoms with Crippen LogP contribution in [0.5, 0.6) is 0 Å². The standard InChI is InChI=1S/C14H21ClO2/c15-13-3-1-2-11(8-13)12-4-6-17-14(9-12)5-7-16-10-14/h8,12-13H,1-7,9-10H2. The van der Waals surface area contributed by atoms with E-state index in [1.165, 1.54) is 12.8 Å². The molecule has 96 valence electrons. The molecule has 0 amide bonds. The maximum Gasteiger partial charge on any atom is 0.0942 e. The van der Waals surface area contributed by atoms with Crippen LogP contribution >= 0.6 is 11.6 Å². The van der Waals surface area contributed by atoms with E-state index < -0.39 is 0 Å². The Kier molecular flexibility index (Phi) is 3.47. The predicted molar refractivity (Wildman–Crippen MR) is 68.4 cm³/mol. The van der Waals surface area contributed by atoms with E-state index in [2.05, 4.69) is 6.08 Å². The fourth-order valence-electron chi connectivity index (χ4n) is 3.45. The van der Waals surface area contributed by atoms with Gasteiger partial charge in [0.15, 0.2) is 0 Å². The van der Waals surface area contributed by atoms with E-state index in [1.54, 1.807) is 5.57 Å². The largest absolute Gasteiger partial charge is 0.378 e. The van der Waals surface area contributed by atoms with Crippen LogP contribution in [0, 0.1) is 5.92 Å². The summed E-state index contributed by atoms with van der Waals surface area (Å²) >= 11 is 6.25. The lowest BCUT2D eigenvalue weighted by molar-refractivity contribution is -0.0930. The molecule has 0 radical (unpaired) electrons. The molecule has 2 nitrogen and oxygen atoms in total. The van der Waals surface area contributed by atoms with Gasteiger partial charge in [0.1, 0.15) is 0 Å². The molecule has 0 aromatic rings. The molecule has 2 fully saturated rings. The van der Waals surface area contributed by atoms with E-state index in [4.69, 9.17) is 21.1 Å². The first-order valence-electron chi connectivity index (χ1n) is 6.84. The van der Waals surface area contributed by atoms with Crippen LogP contribution in [-0.2, 0) is 9.47 Å². The summed E-state index contributed by atoms with van der Waals surface area (Å²) < 4.78 is 11.5. The topological polar surface area (TPSA) is 18.5 Å². The monoisotopic (exact) mass is 256 g/mol. The van der Waals surface area contributed by atoms with Crippen LogP contribution in [0.15, 0.2) is 11.6 Å². The fourth-order valence-corrected chi connectivity index (χ4v) is 3.76. The Bertz CT molecular complexity index is 307. The lowest BCUT2D eigenvalue weighted by Crippen LogP contribution is -2.41. The third-order valence-corrected chi connectivity index (χ3v) is 4.77. The Hall–Kier alpha value is -0.0500. The highest BCUT2D eigenvalue weighted by Crippen LogP contribution is 2.41. The molecule has 3 rings (SSSR count). The Morgan fingerprint density at radius 2 is 2.24 bits per heavy atom. The van der Waals surface area contributed by atoms with Crippen molar-refractivity contribution in [2.75, 3.05) is 19.8 Å². The number of rotatable bonds is 1. The predicted octanol–water partition coefficient (Wildman–Crippen LogP) is 3.29. The van der Waals surface area contributed by atoms with Gasteiger partial charge in [-0.3, -0.25) is 0 Å². The van der Waals surface area contributed by atoms with Gasteiger partial charge in [-0.2, -0.15) is 0 Å². The van der Waals surface area contributed by atoms with Gasteiger partial charge < -0.3 is 9.47 Å². The lowest BCUT2D eigenvalue weighted by Gasteiger charge is -2.39. The van der Waals surface area contributed by atoms with Gasteiger partial charge in [-0.15, -0.1) is 11.6 Å². The molecule has 1 spiro atoms. The third-order valence-electron chi connectivity index (χ3n) is 4.42. The third kappa shape index (κ3) is 2.54. The van der Waals surface area contributed by atoms with Crippen LogP contribution in [0.3, 0.4) is 0 Å². The molecule has 0 aromatic carbocycles. The first-order chi connectivity index (χ1) is 8.27. The Morgan fingerprint density at radius 3 is 3.00 bits per heavy atom.